The topological polar surface area (TPSA) is 63.4 Å². The van der Waals surface area contributed by atoms with E-state index in [2.05, 4.69) is 22.3 Å². The van der Waals surface area contributed by atoms with Gasteiger partial charge in [-0.3, -0.25) is 0 Å². The average molecular weight is 455 g/mol. The first-order valence-corrected chi connectivity index (χ1v) is 10.8. The van der Waals surface area contributed by atoms with Crippen LogP contribution in [0.5, 0.6) is 5.75 Å². The van der Waals surface area contributed by atoms with E-state index in [0.717, 1.165) is 41.1 Å². The van der Waals surface area contributed by atoms with Crippen molar-refractivity contribution in [1.29, 1.82) is 0 Å². The van der Waals surface area contributed by atoms with Gasteiger partial charge >= 0.3 is 0 Å². The van der Waals surface area contributed by atoms with Crippen molar-refractivity contribution in [3.05, 3.63) is 70.7 Å². The lowest BCUT2D eigenvalue weighted by Gasteiger charge is -2.37. The van der Waals surface area contributed by atoms with Gasteiger partial charge in [-0.2, -0.15) is 4.98 Å². The molecule has 0 radical (unpaired) electrons. The van der Waals surface area contributed by atoms with Crippen LogP contribution in [0.3, 0.4) is 0 Å². The van der Waals surface area contributed by atoms with Crippen LogP contribution in [0.1, 0.15) is 37.8 Å². The molecule has 1 unspecified atom stereocenters. The summed E-state index contributed by atoms with van der Waals surface area (Å²) in [5.41, 5.74) is 3.72. The summed E-state index contributed by atoms with van der Waals surface area (Å²) in [5, 5.41) is 9.02. The number of ether oxygens (including phenoxy) is 1. The Morgan fingerprint density at radius 2 is 2.00 bits per heavy atom. The van der Waals surface area contributed by atoms with E-state index < -0.39 is 0 Å². The summed E-state index contributed by atoms with van der Waals surface area (Å²) in [6.45, 7) is 4.95. The smallest absolute Gasteiger partial charge is 0.258 e. The molecular formula is C23H23ClN4O2S. The van der Waals surface area contributed by atoms with Crippen LogP contribution in [0.4, 0.5) is 0 Å². The summed E-state index contributed by atoms with van der Waals surface area (Å²) in [4.78, 5) is 6.79. The van der Waals surface area contributed by atoms with E-state index >= 15 is 0 Å². The first kappa shape index (κ1) is 21.3. The third-order valence-corrected chi connectivity index (χ3v) is 5.82. The van der Waals surface area contributed by atoms with Crippen molar-refractivity contribution < 1.29 is 9.26 Å². The molecule has 1 N–H and O–H groups in total. The second-order valence-electron chi connectivity index (χ2n) is 7.24. The Labute approximate surface area is 191 Å². The van der Waals surface area contributed by atoms with E-state index in [-0.39, 0.29) is 6.04 Å². The average Bonchev–Trinajstić information content (AvgIpc) is 3.26. The molecule has 0 spiro atoms. The monoisotopic (exact) mass is 454 g/mol. The maximum absolute atomic E-state index is 6.10. The first-order chi connectivity index (χ1) is 15.0. The van der Waals surface area contributed by atoms with Crippen LogP contribution in [-0.4, -0.2) is 33.8 Å². The fraction of sp³-hybridized carbons (Fsp3) is 0.261. The Hall–Kier alpha value is -2.90. The molecule has 2 heterocycles. The standard InChI is InChI=1S/C23H23ClN4O2S/c1-4-12-28-14(2)19(20(25-23(28)31)15-8-10-17(24)11-9-15)22-26-21(27-30-22)16-6-5-7-18(13-16)29-3/h5-11,13,20H,4,12H2,1-3H3,(H,25,31). The van der Waals surface area contributed by atoms with Gasteiger partial charge in [-0.1, -0.05) is 47.9 Å². The molecule has 3 aromatic rings. The van der Waals surface area contributed by atoms with E-state index in [9.17, 15) is 0 Å². The van der Waals surface area contributed by atoms with Gasteiger partial charge in [0.2, 0.25) is 5.82 Å². The number of methoxy groups -OCH3 is 1. The second kappa shape index (κ2) is 9.08. The zero-order valence-electron chi connectivity index (χ0n) is 17.6. The van der Waals surface area contributed by atoms with Crippen LogP contribution in [0.2, 0.25) is 5.02 Å². The third kappa shape index (κ3) is 4.29. The van der Waals surface area contributed by atoms with Gasteiger partial charge in [0.15, 0.2) is 5.11 Å². The van der Waals surface area contributed by atoms with Crippen molar-refractivity contribution in [2.45, 2.75) is 26.3 Å². The highest BCUT2D eigenvalue weighted by molar-refractivity contribution is 7.80. The Morgan fingerprint density at radius 3 is 2.71 bits per heavy atom. The second-order valence-corrected chi connectivity index (χ2v) is 8.06. The minimum absolute atomic E-state index is 0.225. The van der Waals surface area contributed by atoms with E-state index in [1.54, 1.807) is 7.11 Å². The van der Waals surface area contributed by atoms with Crippen molar-refractivity contribution in [3.8, 4) is 17.1 Å². The lowest BCUT2D eigenvalue weighted by Crippen LogP contribution is -2.46. The van der Waals surface area contributed by atoms with Gasteiger partial charge in [0.25, 0.3) is 5.89 Å². The maximum Gasteiger partial charge on any atom is 0.258 e. The molecule has 1 aliphatic rings. The fourth-order valence-corrected chi connectivity index (χ4v) is 4.14. The van der Waals surface area contributed by atoms with E-state index in [1.165, 1.54) is 0 Å². The molecule has 0 bridgehead atoms. The van der Waals surface area contributed by atoms with Crippen molar-refractivity contribution >= 4 is 34.5 Å². The number of thiocarbonyl (C=S) groups is 1. The van der Waals surface area contributed by atoms with Gasteiger partial charge in [-0.05, 0) is 55.4 Å². The lowest BCUT2D eigenvalue weighted by molar-refractivity contribution is 0.396. The minimum atomic E-state index is -0.225. The van der Waals surface area contributed by atoms with Gasteiger partial charge in [-0.15, -0.1) is 0 Å². The molecule has 0 aliphatic carbocycles. The number of nitrogens with zero attached hydrogens (tertiary/aromatic N) is 3. The molecule has 6 nitrogen and oxygen atoms in total. The zero-order valence-corrected chi connectivity index (χ0v) is 19.1. The predicted octanol–water partition coefficient (Wildman–Crippen LogP) is 5.47. The predicted molar refractivity (Wildman–Crippen MR) is 126 cm³/mol. The molecule has 0 saturated heterocycles. The maximum atomic E-state index is 6.10. The number of halogens is 1. The summed E-state index contributed by atoms with van der Waals surface area (Å²) in [7, 11) is 1.63. The van der Waals surface area contributed by atoms with Gasteiger partial charge in [0.05, 0.1) is 18.7 Å². The Balaban J connectivity index is 1.80. The van der Waals surface area contributed by atoms with Crippen molar-refractivity contribution in [2.24, 2.45) is 0 Å². The molecular weight excluding hydrogens is 432 g/mol. The van der Waals surface area contributed by atoms with Gasteiger partial charge in [0, 0.05) is 22.8 Å². The normalized spacial score (nSPS) is 16.5. The van der Waals surface area contributed by atoms with Crippen molar-refractivity contribution in [3.63, 3.8) is 0 Å². The quantitative estimate of drug-likeness (QED) is 0.495. The summed E-state index contributed by atoms with van der Waals surface area (Å²) >= 11 is 11.8. The fourth-order valence-electron chi connectivity index (χ4n) is 3.67. The molecule has 31 heavy (non-hydrogen) atoms. The number of rotatable bonds is 6. The van der Waals surface area contributed by atoms with Crippen LogP contribution in [0, 0.1) is 0 Å². The Morgan fingerprint density at radius 1 is 1.23 bits per heavy atom. The number of hydrogen-bond donors (Lipinski definition) is 1. The molecule has 8 heteroatoms. The SMILES string of the molecule is CCCN1C(=S)NC(c2ccc(Cl)cc2)C(c2nc(-c3cccc(OC)c3)no2)=C1C. The van der Waals surface area contributed by atoms with Gasteiger partial charge in [0.1, 0.15) is 5.75 Å². The first-order valence-electron chi connectivity index (χ1n) is 10.0. The minimum Gasteiger partial charge on any atom is -0.497 e. The third-order valence-electron chi connectivity index (χ3n) is 5.23. The van der Waals surface area contributed by atoms with Crippen LogP contribution in [-0.2, 0) is 0 Å². The molecule has 1 atom stereocenters. The van der Waals surface area contributed by atoms with E-state index in [4.69, 9.17) is 38.1 Å². The Bertz CT molecular complexity index is 1130. The molecule has 2 aromatic carbocycles. The van der Waals surface area contributed by atoms with Crippen LogP contribution in [0.15, 0.2) is 58.8 Å². The molecule has 1 aliphatic heterocycles. The highest BCUT2D eigenvalue weighted by atomic mass is 35.5. The zero-order chi connectivity index (χ0) is 22.0. The molecule has 4 rings (SSSR count). The highest BCUT2D eigenvalue weighted by Gasteiger charge is 2.33. The summed E-state index contributed by atoms with van der Waals surface area (Å²) < 4.78 is 11.1. The van der Waals surface area contributed by atoms with E-state index in [0.29, 0.717) is 21.9 Å². The number of nitrogens with one attached hydrogen (secondary N) is 1. The highest BCUT2D eigenvalue weighted by Crippen LogP contribution is 2.37. The number of hydrogen-bond acceptors (Lipinski definition) is 5. The summed E-state index contributed by atoms with van der Waals surface area (Å²) in [6, 6.07) is 15.0. The Kier molecular flexibility index (Phi) is 6.25. The van der Waals surface area contributed by atoms with E-state index in [1.807, 2.05) is 55.5 Å². The lowest BCUT2D eigenvalue weighted by atomic mass is 9.95. The number of aromatic nitrogens is 2. The van der Waals surface area contributed by atoms with Crippen molar-refractivity contribution in [1.82, 2.24) is 20.4 Å². The number of allylic oxidation sites excluding steroid dienone is 1. The summed E-state index contributed by atoms with van der Waals surface area (Å²) in [5.74, 6) is 1.68. The molecule has 0 saturated carbocycles. The molecule has 0 amide bonds. The van der Waals surface area contributed by atoms with Crippen LogP contribution < -0.4 is 10.1 Å². The van der Waals surface area contributed by atoms with Crippen molar-refractivity contribution in [2.75, 3.05) is 13.7 Å². The van der Waals surface area contributed by atoms with Crippen LogP contribution >= 0.6 is 23.8 Å². The summed E-state index contributed by atoms with van der Waals surface area (Å²) in [6.07, 6.45) is 0.955. The van der Waals surface area contributed by atoms with Gasteiger partial charge in [-0.25, -0.2) is 0 Å². The molecule has 160 valence electrons. The largest absolute Gasteiger partial charge is 0.497 e. The molecule has 1 aromatic heterocycles. The number of benzene rings is 2. The van der Waals surface area contributed by atoms with Gasteiger partial charge < -0.3 is 19.5 Å². The van der Waals surface area contributed by atoms with Crippen LogP contribution in [0.25, 0.3) is 17.0 Å². The molecule has 0 fully saturated rings.